The summed E-state index contributed by atoms with van der Waals surface area (Å²) in [6.07, 6.45) is 7.22. The number of para-hydroxylation sites is 2. The Kier molecular flexibility index (Phi) is 4.21. The minimum Gasteiger partial charge on any atom is -0.331 e. The second-order valence-corrected chi connectivity index (χ2v) is 5.05. The van der Waals surface area contributed by atoms with Crippen molar-refractivity contribution in [2.24, 2.45) is 7.05 Å². The number of benzene rings is 1. The van der Waals surface area contributed by atoms with Crippen molar-refractivity contribution < 1.29 is 0 Å². The van der Waals surface area contributed by atoms with Gasteiger partial charge in [0.2, 0.25) is 0 Å². The fourth-order valence-corrected chi connectivity index (χ4v) is 2.43. The highest BCUT2D eigenvalue weighted by atomic mass is 15.1. The van der Waals surface area contributed by atoms with Gasteiger partial charge in [-0.05, 0) is 25.1 Å². The second kappa shape index (κ2) is 6.45. The lowest BCUT2D eigenvalue weighted by Gasteiger charge is -2.04. The lowest BCUT2D eigenvalue weighted by molar-refractivity contribution is 0.623. The monoisotopic (exact) mass is 281 g/mol. The van der Waals surface area contributed by atoms with E-state index in [0.29, 0.717) is 0 Å². The molecule has 0 aliphatic carbocycles. The van der Waals surface area contributed by atoms with Crippen LogP contribution in [0.15, 0.2) is 42.9 Å². The maximum Gasteiger partial charge on any atom is 0.109 e. The summed E-state index contributed by atoms with van der Waals surface area (Å²) in [4.78, 5) is 13.0. The first-order valence-corrected chi connectivity index (χ1v) is 7.20. The van der Waals surface area contributed by atoms with Gasteiger partial charge >= 0.3 is 0 Å². The van der Waals surface area contributed by atoms with Crippen molar-refractivity contribution in [2.45, 2.75) is 19.4 Å². The van der Waals surface area contributed by atoms with Gasteiger partial charge in [-0.25, -0.2) is 4.98 Å². The number of fused-ring (bicyclic) bond motifs is 1. The van der Waals surface area contributed by atoms with Crippen LogP contribution in [0.4, 0.5) is 0 Å². The van der Waals surface area contributed by atoms with E-state index in [4.69, 9.17) is 0 Å². The van der Waals surface area contributed by atoms with Gasteiger partial charge in [0.15, 0.2) is 0 Å². The topological polar surface area (TPSA) is 55.6 Å². The van der Waals surface area contributed by atoms with Crippen molar-refractivity contribution >= 4 is 11.0 Å². The molecule has 0 radical (unpaired) electrons. The molecule has 1 aromatic carbocycles. The molecule has 5 heteroatoms. The molecule has 0 saturated heterocycles. The Bertz CT molecular complexity index is 705. The maximum absolute atomic E-state index is 4.68. The fourth-order valence-electron chi connectivity index (χ4n) is 2.43. The molecule has 0 bridgehead atoms. The van der Waals surface area contributed by atoms with E-state index >= 15 is 0 Å². The largest absolute Gasteiger partial charge is 0.331 e. The van der Waals surface area contributed by atoms with Crippen LogP contribution < -0.4 is 5.32 Å². The average molecular weight is 281 g/mol. The molecule has 1 N–H and O–H groups in total. The number of hydrogen-bond acceptors (Lipinski definition) is 4. The molecule has 0 spiro atoms. The molecule has 2 aromatic heterocycles. The summed E-state index contributed by atoms with van der Waals surface area (Å²) in [5.74, 6) is 1.14. The van der Waals surface area contributed by atoms with Gasteiger partial charge in [0.1, 0.15) is 5.82 Å². The van der Waals surface area contributed by atoms with Crippen molar-refractivity contribution in [3.8, 4) is 0 Å². The third-order valence-corrected chi connectivity index (χ3v) is 3.56. The number of imidazole rings is 1. The number of nitrogens with one attached hydrogen (secondary N) is 1. The first kappa shape index (κ1) is 13.7. The highest BCUT2D eigenvalue weighted by Gasteiger charge is 2.06. The van der Waals surface area contributed by atoms with E-state index in [-0.39, 0.29) is 0 Å². The van der Waals surface area contributed by atoms with Crippen molar-refractivity contribution in [1.82, 2.24) is 24.8 Å². The minimum atomic E-state index is 0.760. The lowest BCUT2D eigenvalue weighted by Crippen LogP contribution is -2.16. The molecule has 2 heterocycles. The van der Waals surface area contributed by atoms with Gasteiger partial charge in [-0.1, -0.05) is 12.1 Å². The quantitative estimate of drug-likeness (QED) is 0.703. The summed E-state index contributed by atoms with van der Waals surface area (Å²) in [6, 6.07) is 8.25. The summed E-state index contributed by atoms with van der Waals surface area (Å²) < 4.78 is 2.18. The van der Waals surface area contributed by atoms with Crippen LogP contribution in [0.5, 0.6) is 0 Å². The van der Waals surface area contributed by atoms with E-state index < -0.39 is 0 Å². The number of aromatic nitrogens is 4. The molecule has 108 valence electrons. The molecule has 0 aliphatic heterocycles. The molecular weight excluding hydrogens is 262 g/mol. The Morgan fingerprint density at radius 2 is 2.10 bits per heavy atom. The van der Waals surface area contributed by atoms with Gasteiger partial charge in [-0.2, -0.15) is 0 Å². The third kappa shape index (κ3) is 3.25. The highest BCUT2D eigenvalue weighted by molar-refractivity contribution is 5.75. The van der Waals surface area contributed by atoms with Gasteiger partial charge in [0, 0.05) is 38.6 Å². The van der Waals surface area contributed by atoms with E-state index in [9.17, 15) is 0 Å². The predicted octanol–water partition coefficient (Wildman–Crippen LogP) is 2.09. The Morgan fingerprint density at radius 3 is 2.90 bits per heavy atom. The Labute approximate surface area is 124 Å². The standard InChI is InChI=1S/C16H19N5/c1-21-15-6-3-2-5-14(15)20-16(21)7-4-8-17-11-13-12-18-9-10-19-13/h2-3,5-6,9-10,12,17H,4,7-8,11H2,1H3. The lowest BCUT2D eigenvalue weighted by atomic mass is 10.3. The third-order valence-electron chi connectivity index (χ3n) is 3.56. The zero-order chi connectivity index (χ0) is 14.5. The van der Waals surface area contributed by atoms with E-state index in [1.165, 1.54) is 5.52 Å². The van der Waals surface area contributed by atoms with Gasteiger partial charge in [0.25, 0.3) is 0 Å². The molecule has 0 atom stereocenters. The Morgan fingerprint density at radius 1 is 1.19 bits per heavy atom. The molecule has 0 saturated carbocycles. The molecule has 0 unspecified atom stereocenters. The van der Waals surface area contributed by atoms with Crippen molar-refractivity contribution in [2.75, 3.05) is 6.54 Å². The van der Waals surface area contributed by atoms with Crippen LogP contribution in [0.3, 0.4) is 0 Å². The summed E-state index contributed by atoms with van der Waals surface area (Å²) in [5.41, 5.74) is 3.24. The van der Waals surface area contributed by atoms with E-state index in [2.05, 4.69) is 50.1 Å². The molecule has 21 heavy (non-hydrogen) atoms. The first-order chi connectivity index (χ1) is 10.3. The molecule has 3 aromatic rings. The van der Waals surface area contributed by atoms with Crippen LogP contribution in [0.1, 0.15) is 17.9 Å². The number of aryl methyl sites for hydroxylation is 2. The summed E-state index contributed by atoms with van der Waals surface area (Å²) in [5, 5.41) is 3.39. The van der Waals surface area contributed by atoms with E-state index in [1.54, 1.807) is 18.6 Å². The molecule has 0 fully saturated rings. The average Bonchev–Trinajstić information content (AvgIpc) is 2.85. The predicted molar refractivity (Wildman–Crippen MR) is 82.8 cm³/mol. The van der Waals surface area contributed by atoms with Gasteiger partial charge in [0.05, 0.1) is 16.7 Å². The second-order valence-electron chi connectivity index (χ2n) is 5.05. The van der Waals surface area contributed by atoms with Gasteiger partial charge < -0.3 is 9.88 Å². The van der Waals surface area contributed by atoms with Crippen molar-refractivity contribution in [1.29, 1.82) is 0 Å². The molecule has 3 rings (SSSR count). The van der Waals surface area contributed by atoms with Crippen LogP contribution >= 0.6 is 0 Å². The fraction of sp³-hybridized carbons (Fsp3) is 0.312. The Hall–Kier alpha value is -2.27. The highest BCUT2D eigenvalue weighted by Crippen LogP contribution is 2.14. The zero-order valence-corrected chi connectivity index (χ0v) is 12.2. The summed E-state index contributed by atoms with van der Waals surface area (Å²) in [7, 11) is 2.08. The molecular formula is C16H19N5. The molecule has 0 aliphatic rings. The van der Waals surface area contributed by atoms with Crippen LogP contribution in [-0.4, -0.2) is 26.1 Å². The normalized spacial score (nSPS) is 11.1. The Balaban J connectivity index is 1.49. The maximum atomic E-state index is 4.68. The van der Waals surface area contributed by atoms with Crippen LogP contribution in [0.2, 0.25) is 0 Å². The number of rotatable bonds is 6. The zero-order valence-electron chi connectivity index (χ0n) is 12.2. The van der Waals surface area contributed by atoms with Gasteiger partial charge in [-0.15, -0.1) is 0 Å². The summed E-state index contributed by atoms with van der Waals surface area (Å²) in [6.45, 7) is 1.70. The van der Waals surface area contributed by atoms with E-state index in [1.807, 2.05) is 6.07 Å². The van der Waals surface area contributed by atoms with Crippen LogP contribution in [0, 0.1) is 0 Å². The van der Waals surface area contributed by atoms with Crippen LogP contribution in [0.25, 0.3) is 11.0 Å². The molecule has 5 nitrogen and oxygen atoms in total. The SMILES string of the molecule is Cn1c(CCCNCc2cnccn2)nc2ccccc21. The number of hydrogen-bond donors (Lipinski definition) is 1. The summed E-state index contributed by atoms with van der Waals surface area (Å²) >= 11 is 0. The van der Waals surface area contributed by atoms with Crippen molar-refractivity contribution in [3.05, 3.63) is 54.4 Å². The first-order valence-electron chi connectivity index (χ1n) is 7.20. The van der Waals surface area contributed by atoms with Gasteiger partial charge in [-0.3, -0.25) is 9.97 Å². The number of nitrogens with zero attached hydrogens (tertiary/aromatic N) is 4. The minimum absolute atomic E-state index is 0.760. The van der Waals surface area contributed by atoms with Crippen LogP contribution in [-0.2, 0) is 20.0 Å². The van der Waals surface area contributed by atoms with E-state index in [0.717, 1.165) is 43.0 Å². The molecule has 0 amide bonds. The van der Waals surface area contributed by atoms with Crippen molar-refractivity contribution in [3.63, 3.8) is 0 Å². The smallest absolute Gasteiger partial charge is 0.109 e.